The maximum atomic E-state index is 10.5. The zero-order chi connectivity index (χ0) is 11.8. The molecule has 0 radical (unpaired) electrons. The molecule has 0 aliphatic heterocycles. The van der Waals surface area contributed by atoms with E-state index in [0.717, 1.165) is 22.8 Å². The van der Waals surface area contributed by atoms with Gasteiger partial charge in [0, 0.05) is 14.2 Å². The monoisotopic (exact) mass is 282 g/mol. The first-order chi connectivity index (χ1) is 6.24. The van der Waals surface area contributed by atoms with Gasteiger partial charge in [-0.25, -0.2) is 0 Å². The summed E-state index contributed by atoms with van der Waals surface area (Å²) in [5.41, 5.74) is 10.0. The summed E-state index contributed by atoms with van der Waals surface area (Å²) in [4.78, 5) is 0. The van der Waals surface area contributed by atoms with Crippen LogP contribution in [0.3, 0.4) is 0 Å². The summed E-state index contributed by atoms with van der Waals surface area (Å²) in [7, 11) is 2.66. The third kappa shape index (κ3) is 11.1. The van der Waals surface area contributed by atoms with E-state index in [-0.39, 0.29) is 0 Å². The minimum absolute atomic E-state index is 1.04. The molecular weight excluding hydrogens is 266 g/mol. The molecule has 0 spiro atoms. The Kier molecular flexibility index (Phi) is 10.2. The standard InChI is InChI=1S/2C2H8NO2PS/c2*1-5-6(3,4)7-2/h2*1-2H3,(H2,3,4). The van der Waals surface area contributed by atoms with Gasteiger partial charge in [0.05, 0.1) is 0 Å². The lowest BCUT2D eigenvalue weighted by Gasteiger charge is -2.02. The molecule has 0 rings (SSSR count). The van der Waals surface area contributed by atoms with E-state index in [4.69, 9.17) is 11.0 Å². The summed E-state index contributed by atoms with van der Waals surface area (Å²) in [6.45, 7) is -5.48. The molecule has 0 aromatic rings. The Hall–Kier alpha value is 1.000. The van der Waals surface area contributed by atoms with Crippen molar-refractivity contribution < 1.29 is 18.2 Å². The Morgan fingerprint density at radius 2 is 1.14 bits per heavy atom. The van der Waals surface area contributed by atoms with Gasteiger partial charge in [0.25, 0.3) is 0 Å². The summed E-state index contributed by atoms with van der Waals surface area (Å²) in [6.07, 6.45) is 3.29. The summed E-state index contributed by atoms with van der Waals surface area (Å²) >= 11 is 2.08. The van der Waals surface area contributed by atoms with Gasteiger partial charge in [-0.2, -0.15) is 0 Å². The molecular formula is C4H16N2O4P2S2. The lowest BCUT2D eigenvalue weighted by Crippen LogP contribution is -1.89. The summed E-state index contributed by atoms with van der Waals surface area (Å²) in [5.74, 6) is 0. The van der Waals surface area contributed by atoms with E-state index < -0.39 is 13.4 Å². The SMILES string of the molecule is COP(N)(=O)SC.COP(N)(=O)SC. The van der Waals surface area contributed by atoms with E-state index in [1.165, 1.54) is 14.2 Å². The molecule has 0 aromatic carbocycles. The van der Waals surface area contributed by atoms with Gasteiger partial charge in [0.2, 0.25) is 0 Å². The minimum Gasteiger partial charge on any atom is -0.313 e. The fourth-order valence-electron chi connectivity index (χ4n) is 0.149. The van der Waals surface area contributed by atoms with Crippen LogP contribution in [0.25, 0.3) is 0 Å². The highest BCUT2D eigenvalue weighted by Gasteiger charge is 2.09. The Morgan fingerprint density at radius 1 is 0.929 bits per heavy atom. The van der Waals surface area contributed by atoms with Crippen LogP contribution in [-0.2, 0) is 18.2 Å². The predicted molar refractivity (Wildman–Crippen MR) is 64.6 cm³/mol. The molecule has 2 atom stereocenters. The topological polar surface area (TPSA) is 105 Å². The van der Waals surface area contributed by atoms with Crippen molar-refractivity contribution in [3.8, 4) is 0 Å². The van der Waals surface area contributed by atoms with Gasteiger partial charge in [0.15, 0.2) is 0 Å². The summed E-state index contributed by atoms with van der Waals surface area (Å²) in [6, 6.07) is 0. The Bertz CT molecular complexity index is 199. The molecule has 14 heavy (non-hydrogen) atoms. The first-order valence-corrected chi connectivity index (χ1v) is 10.3. The number of rotatable bonds is 4. The molecule has 0 aliphatic carbocycles. The summed E-state index contributed by atoms with van der Waals surface area (Å²) < 4.78 is 29.7. The van der Waals surface area contributed by atoms with E-state index >= 15 is 0 Å². The first-order valence-electron chi connectivity index (χ1n) is 3.24. The second kappa shape index (κ2) is 8.19. The first kappa shape index (κ1) is 17.4. The molecule has 0 fully saturated rings. The lowest BCUT2D eigenvalue weighted by atomic mass is 11.8. The number of hydrogen-bond donors (Lipinski definition) is 2. The van der Waals surface area contributed by atoms with Crippen LogP contribution in [0, 0.1) is 0 Å². The van der Waals surface area contributed by atoms with Gasteiger partial charge in [-0.05, 0) is 12.5 Å². The smallest absolute Gasteiger partial charge is 0.313 e. The van der Waals surface area contributed by atoms with Crippen molar-refractivity contribution in [3.63, 3.8) is 0 Å². The zero-order valence-corrected chi connectivity index (χ0v) is 11.9. The molecule has 2 unspecified atom stereocenters. The third-order valence-corrected chi connectivity index (χ3v) is 7.00. The Balaban J connectivity index is 0. The van der Waals surface area contributed by atoms with Crippen molar-refractivity contribution >= 4 is 36.2 Å². The lowest BCUT2D eigenvalue weighted by molar-refractivity contribution is 0.409. The predicted octanol–water partition coefficient (Wildman–Crippen LogP) is 2.13. The van der Waals surface area contributed by atoms with Crippen LogP contribution in [0.1, 0.15) is 0 Å². The molecule has 4 N–H and O–H groups in total. The van der Waals surface area contributed by atoms with E-state index in [1.807, 2.05) is 0 Å². The molecule has 0 aliphatic rings. The maximum Gasteiger partial charge on any atom is 0.323 e. The van der Waals surface area contributed by atoms with Crippen molar-refractivity contribution in [1.29, 1.82) is 0 Å². The van der Waals surface area contributed by atoms with Gasteiger partial charge >= 0.3 is 13.4 Å². The molecule has 0 saturated heterocycles. The van der Waals surface area contributed by atoms with Crippen LogP contribution in [0.2, 0.25) is 0 Å². The van der Waals surface area contributed by atoms with Crippen LogP contribution in [0.5, 0.6) is 0 Å². The van der Waals surface area contributed by atoms with E-state index in [1.54, 1.807) is 12.5 Å². The number of hydrogen-bond acceptors (Lipinski definition) is 6. The molecule has 0 heterocycles. The van der Waals surface area contributed by atoms with Crippen LogP contribution in [-0.4, -0.2) is 26.7 Å². The second-order valence-corrected chi connectivity index (χ2v) is 10.7. The summed E-state index contributed by atoms with van der Waals surface area (Å²) in [5, 5.41) is 0. The van der Waals surface area contributed by atoms with Gasteiger partial charge in [-0.15, -0.1) is 0 Å². The largest absolute Gasteiger partial charge is 0.323 e. The zero-order valence-electron chi connectivity index (χ0n) is 8.50. The van der Waals surface area contributed by atoms with Gasteiger partial charge in [-0.3, -0.25) is 20.1 Å². The van der Waals surface area contributed by atoms with E-state index in [9.17, 15) is 9.13 Å². The van der Waals surface area contributed by atoms with Crippen molar-refractivity contribution in [2.24, 2.45) is 11.0 Å². The van der Waals surface area contributed by atoms with Crippen molar-refractivity contribution in [3.05, 3.63) is 0 Å². The molecule has 0 saturated carbocycles. The van der Waals surface area contributed by atoms with E-state index in [2.05, 4.69) is 9.05 Å². The van der Waals surface area contributed by atoms with Crippen LogP contribution in [0.4, 0.5) is 0 Å². The third-order valence-electron chi connectivity index (χ3n) is 1.02. The highest BCUT2D eigenvalue weighted by Crippen LogP contribution is 2.49. The second-order valence-electron chi connectivity index (χ2n) is 1.81. The molecule has 0 bridgehead atoms. The van der Waals surface area contributed by atoms with Gasteiger partial charge < -0.3 is 9.05 Å². The van der Waals surface area contributed by atoms with E-state index in [0.29, 0.717) is 0 Å². The molecule has 6 nitrogen and oxygen atoms in total. The average molecular weight is 282 g/mol. The molecule has 10 heteroatoms. The minimum atomic E-state index is -2.74. The number of nitrogens with two attached hydrogens (primary N) is 2. The van der Waals surface area contributed by atoms with Crippen LogP contribution < -0.4 is 11.0 Å². The van der Waals surface area contributed by atoms with Crippen LogP contribution >= 0.6 is 36.2 Å². The maximum absolute atomic E-state index is 10.5. The Labute approximate surface area is 92.4 Å². The van der Waals surface area contributed by atoms with Crippen LogP contribution in [0.15, 0.2) is 0 Å². The molecule has 0 amide bonds. The van der Waals surface area contributed by atoms with Crippen molar-refractivity contribution in [2.45, 2.75) is 0 Å². The van der Waals surface area contributed by atoms with Gasteiger partial charge in [-0.1, -0.05) is 22.8 Å². The normalized spacial score (nSPS) is 18.7. The highest BCUT2D eigenvalue weighted by molar-refractivity contribution is 8.55. The molecule has 88 valence electrons. The van der Waals surface area contributed by atoms with Crippen molar-refractivity contribution in [2.75, 3.05) is 26.7 Å². The fourth-order valence-corrected chi connectivity index (χ4v) is 1.34. The molecule has 0 aromatic heterocycles. The average Bonchev–Trinajstić information content (AvgIpc) is 2.19. The van der Waals surface area contributed by atoms with Crippen molar-refractivity contribution in [1.82, 2.24) is 0 Å². The fraction of sp³-hybridized carbons (Fsp3) is 1.00. The Morgan fingerprint density at radius 3 is 1.14 bits per heavy atom. The highest BCUT2D eigenvalue weighted by atomic mass is 32.7. The van der Waals surface area contributed by atoms with Gasteiger partial charge in [0.1, 0.15) is 0 Å². The quantitative estimate of drug-likeness (QED) is 0.755.